The fourth-order valence-corrected chi connectivity index (χ4v) is 1.95. The van der Waals surface area contributed by atoms with Gasteiger partial charge in [0, 0.05) is 11.3 Å². The first-order valence-corrected chi connectivity index (χ1v) is 6.71. The Kier molecular flexibility index (Phi) is 4.00. The summed E-state index contributed by atoms with van der Waals surface area (Å²) >= 11 is 0. The molecule has 0 aliphatic heterocycles. The number of nitrogens with zero attached hydrogens (tertiary/aromatic N) is 2. The summed E-state index contributed by atoms with van der Waals surface area (Å²) in [5.41, 5.74) is 1.47. The predicted molar refractivity (Wildman–Crippen MR) is 80.0 cm³/mol. The first-order chi connectivity index (χ1) is 10.7. The zero-order chi connectivity index (χ0) is 15.4. The van der Waals surface area contributed by atoms with Crippen molar-refractivity contribution in [3.8, 4) is 17.2 Å². The SMILES string of the molecule is COc1ccc(-c2nnc(CNc3cccc(F)c3)o2)cc1. The van der Waals surface area contributed by atoms with E-state index in [-0.39, 0.29) is 5.82 Å². The zero-order valence-corrected chi connectivity index (χ0v) is 11.9. The van der Waals surface area contributed by atoms with Crippen LogP contribution < -0.4 is 10.1 Å². The molecule has 3 aromatic rings. The molecule has 5 nitrogen and oxygen atoms in total. The molecule has 112 valence electrons. The van der Waals surface area contributed by atoms with E-state index in [9.17, 15) is 4.39 Å². The van der Waals surface area contributed by atoms with Gasteiger partial charge in [-0.25, -0.2) is 4.39 Å². The summed E-state index contributed by atoms with van der Waals surface area (Å²) in [6.07, 6.45) is 0. The normalized spacial score (nSPS) is 10.5. The molecule has 0 aliphatic rings. The lowest BCUT2D eigenvalue weighted by Crippen LogP contribution is -1.99. The van der Waals surface area contributed by atoms with Crippen molar-refractivity contribution in [2.24, 2.45) is 0 Å². The molecule has 2 aromatic carbocycles. The number of rotatable bonds is 5. The van der Waals surface area contributed by atoms with Crippen LogP contribution in [-0.4, -0.2) is 17.3 Å². The van der Waals surface area contributed by atoms with Gasteiger partial charge in [0.25, 0.3) is 0 Å². The van der Waals surface area contributed by atoms with Gasteiger partial charge < -0.3 is 14.5 Å². The van der Waals surface area contributed by atoms with E-state index < -0.39 is 0 Å². The average Bonchev–Trinajstić information content (AvgIpc) is 3.02. The van der Waals surface area contributed by atoms with Crippen LogP contribution in [0.3, 0.4) is 0 Å². The Morgan fingerprint density at radius 3 is 2.68 bits per heavy atom. The summed E-state index contributed by atoms with van der Waals surface area (Å²) in [5, 5.41) is 11.0. The van der Waals surface area contributed by atoms with Gasteiger partial charge >= 0.3 is 0 Å². The number of methoxy groups -OCH3 is 1. The van der Waals surface area contributed by atoms with E-state index in [1.54, 1.807) is 19.2 Å². The standard InChI is InChI=1S/C16H14FN3O2/c1-21-14-7-5-11(6-8-14)16-20-19-15(22-16)10-18-13-4-2-3-12(17)9-13/h2-9,18H,10H2,1H3. The van der Waals surface area contributed by atoms with Gasteiger partial charge in [0.2, 0.25) is 11.8 Å². The Morgan fingerprint density at radius 2 is 1.95 bits per heavy atom. The largest absolute Gasteiger partial charge is 0.497 e. The van der Waals surface area contributed by atoms with Crippen molar-refractivity contribution < 1.29 is 13.5 Å². The van der Waals surface area contributed by atoms with E-state index >= 15 is 0 Å². The minimum atomic E-state index is -0.297. The summed E-state index contributed by atoms with van der Waals surface area (Å²) in [4.78, 5) is 0. The monoisotopic (exact) mass is 299 g/mol. The second-order valence-corrected chi connectivity index (χ2v) is 4.59. The van der Waals surface area contributed by atoms with Gasteiger partial charge in [0.05, 0.1) is 13.7 Å². The number of nitrogens with one attached hydrogen (secondary N) is 1. The molecule has 0 saturated heterocycles. The number of anilines is 1. The van der Waals surface area contributed by atoms with Gasteiger partial charge in [-0.05, 0) is 42.5 Å². The Morgan fingerprint density at radius 1 is 1.14 bits per heavy atom. The Balaban J connectivity index is 1.68. The quantitative estimate of drug-likeness (QED) is 0.781. The third-order valence-corrected chi connectivity index (χ3v) is 3.07. The summed E-state index contributed by atoms with van der Waals surface area (Å²) in [5.74, 6) is 1.32. The van der Waals surface area contributed by atoms with Crippen molar-refractivity contribution in [1.82, 2.24) is 10.2 Å². The Labute approximate surface area is 126 Å². The second-order valence-electron chi connectivity index (χ2n) is 4.59. The molecule has 0 atom stereocenters. The van der Waals surface area contributed by atoms with Crippen LogP contribution in [0.5, 0.6) is 5.75 Å². The smallest absolute Gasteiger partial charge is 0.247 e. The first-order valence-electron chi connectivity index (χ1n) is 6.71. The third kappa shape index (κ3) is 3.22. The fraction of sp³-hybridized carbons (Fsp3) is 0.125. The summed E-state index contributed by atoms with van der Waals surface area (Å²) in [6, 6.07) is 13.5. The molecule has 0 spiro atoms. The van der Waals surface area contributed by atoms with Crippen molar-refractivity contribution >= 4 is 5.69 Å². The molecule has 1 aromatic heterocycles. The molecule has 0 amide bonds. The summed E-state index contributed by atoms with van der Waals surface area (Å²) < 4.78 is 23.8. The predicted octanol–water partition coefficient (Wildman–Crippen LogP) is 3.50. The van der Waals surface area contributed by atoms with Gasteiger partial charge in [0.15, 0.2) is 0 Å². The maximum absolute atomic E-state index is 13.1. The topological polar surface area (TPSA) is 60.2 Å². The van der Waals surface area contributed by atoms with Gasteiger partial charge in [-0.2, -0.15) is 0 Å². The number of ether oxygens (including phenoxy) is 1. The minimum absolute atomic E-state index is 0.297. The highest BCUT2D eigenvalue weighted by Gasteiger charge is 2.08. The highest BCUT2D eigenvalue weighted by Crippen LogP contribution is 2.21. The van der Waals surface area contributed by atoms with Crippen LogP contribution in [0.2, 0.25) is 0 Å². The van der Waals surface area contributed by atoms with E-state index in [1.807, 2.05) is 24.3 Å². The van der Waals surface area contributed by atoms with E-state index in [0.29, 0.717) is 24.0 Å². The molecular formula is C16H14FN3O2. The van der Waals surface area contributed by atoms with Crippen molar-refractivity contribution in [2.75, 3.05) is 12.4 Å². The Hall–Kier alpha value is -2.89. The van der Waals surface area contributed by atoms with Gasteiger partial charge in [-0.15, -0.1) is 10.2 Å². The highest BCUT2D eigenvalue weighted by atomic mass is 19.1. The lowest BCUT2D eigenvalue weighted by molar-refractivity contribution is 0.415. The zero-order valence-electron chi connectivity index (χ0n) is 11.9. The van der Waals surface area contributed by atoms with Crippen LogP contribution in [0.15, 0.2) is 52.9 Å². The molecule has 0 fully saturated rings. The number of hydrogen-bond acceptors (Lipinski definition) is 5. The summed E-state index contributed by atoms with van der Waals surface area (Å²) in [6.45, 7) is 0.326. The molecule has 1 heterocycles. The minimum Gasteiger partial charge on any atom is -0.497 e. The molecule has 1 N–H and O–H groups in total. The maximum Gasteiger partial charge on any atom is 0.247 e. The van der Waals surface area contributed by atoms with Crippen LogP contribution in [0, 0.1) is 5.82 Å². The lowest BCUT2D eigenvalue weighted by Gasteiger charge is -2.02. The van der Waals surface area contributed by atoms with Crippen molar-refractivity contribution in [1.29, 1.82) is 0 Å². The molecule has 22 heavy (non-hydrogen) atoms. The number of hydrogen-bond donors (Lipinski definition) is 1. The van der Waals surface area contributed by atoms with Crippen LogP contribution in [-0.2, 0) is 6.54 Å². The average molecular weight is 299 g/mol. The van der Waals surface area contributed by atoms with Crippen LogP contribution in [0.4, 0.5) is 10.1 Å². The first kappa shape index (κ1) is 14.1. The van der Waals surface area contributed by atoms with Crippen LogP contribution in [0.1, 0.15) is 5.89 Å². The van der Waals surface area contributed by atoms with Crippen LogP contribution in [0.25, 0.3) is 11.5 Å². The van der Waals surface area contributed by atoms with Crippen molar-refractivity contribution in [3.05, 3.63) is 60.2 Å². The van der Waals surface area contributed by atoms with Crippen molar-refractivity contribution in [2.45, 2.75) is 6.54 Å². The molecule has 0 bridgehead atoms. The second kappa shape index (κ2) is 6.26. The molecule has 3 rings (SSSR count). The van der Waals surface area contributed by atoms with Crippen LogP contribution >= 0.6 is 0 Å². The highest BCUT2D eigenvalue weighted by molar-refractivity contribution is 5.54. The van der Waals surface area contributed by atoms with Gasteiger partial charge in [0.1, 0.15) is 11.6 Å². The third-order valence-electron chi connectivity index (χ3n) is 3.07. The number of aromatic nitrogens is 2. The molecule has 0 unspecified atom stereocenters. The molecule has 0 radical (unpaired) electrons. The molecule has 0 saturated carbocycles. The lowest BCUT2D eigenvalue weighted by atomic mass is 10.2. The molecule has 6 heteroatoms. The molecule has 0 aliphatic carbocycles. The number of benzene rings is 2. The van der Waals surface area contributed by atoms with Crippen molar-refractivity contribution in [3.63, 3.8) is 0 Å². The van der Waals surface area contributed by atoms with E-state index in [4.69, 9.17) is 9.15 Å². The summed E-state index contributed by atoms with van der Waals surface area (Å²) in [7, 11) is 1.61. The maximum atomic E-state index is 13.1. The van der Waals surface area contributed by atoms with Gasteiger partial charge in [-0.1, -0.05) is 6.07 Å². The number of halogens is 1. The van der Waals surface area contributed by atoms with E-state index in [1.165, 1.54) is 12.1 Å². The molecular weight excluding hydrogens is 285 g/mol. The fourth-order valence-electron chi connectivity index (χ4n) is 1.95. The Bertz CT molecular complexity index is 756. The van der Waals surface area contributed by atoms with E-state index in [0.717, 1.165) is 11.3 Å². The van der Waals surface area contributed by atoms with Gasteiger partial charge in [-0.3, -0.25) is 0 Å². The van der Waals surface area contributed by atoms with E-state index in [2.05, 4.69) is 15.5 Å².